The molecule has 0 aliphatic carbocycles. The first-order valence-corrected chi connectivity index (χ1v) is 4.06. The minimum atomic E-state index is -6.56. The van der Waals surface area contributed by atoms with Crippen LogP contribution in [0.25, 0.3) is 0 Å². The fourth-order valence-corrected chi connectivity index (χ4v) is 0.990. The van der Waals surface area contributed by atoms with Gasteiger partial charge in [-0.05, 0) is 0 Å². The molecule has 0 saturated heterocycles. The molecular formula is C7H3F7N2O2. The van der Waals surface area contributed by atoms with Crippen LogP contribution in [0.4, 0.5) is 30.7 Å². The van der Waals surface area contributed by atoms with Gasteiger partial charge in [0.05, 0.1) is 0 Å². The Morgan fingerprint density at radius 1 is 0.944 bits per heavy atom. The average Bonchev–Trinajstić information content (AvgIpc) is 2.14. The highest BCUT2D eigenvalue weighted by molar-refractivity contribution is 5.16. The standard InChI is InChI=1S/C7H3F7N2O2/c8-5(9,6(10,11)7(12,13)14)2-1-15-4(18)16-3(2)17/h1H,(H2,15,16,17,18). The van der Waals surface area contributed by atoms with E-state index in [1.807, 2.05) is 0 Å². The van der Waals surface area contributed by atoms with Crippen molar-refractivity contribution in [1.29, 1.82) is 0 Å². The number of rotatable bonds is 2. The molecule has 0 aromatic carbocycles. The predicted octanol–water partition coefficient (Wildman–Crippen LogP) is 1.35. The fourth-order valence-electron chi connectivity index (χ4n) is 0.990. The van der Waals surface area contributed by atoms with E-state index < -0.39 is 34.8 Å². The first-order valence-electron chi connectivity index (χ1n) is 4.06. The molecule has 0 aliphatic heterocycles. The Morgan fingerprint density at radius 3 is 1.83 bits per heavy atom. The van der Waals surface area contributed by atoms with Gasteiger partial charge in [-0.25, -0.2) is 4.79 Å². The van der Waals surface area contributed by atoms with Gasteiger partial charge in [-0.1, -0.05) is 0 Å². The number of aromatic amines is 2. The van der Waals surface area contributed by atoms with E-state index in [0.717, 1.165) is 4.98 Å². The molecule has 2 N–H and O–H groups in total. The molecule has 1 rings (SSSR count). The van der Waals surface area contributed by atoms with Gasteiger partial charge < -0.3 is 4.98 Å². The molecule has 1 aromatic rings. The van der Waals surface area contributed by atoms with Crippen LogP contribution in [0.15, 0.2) is 15.8 Å². The third-order valence-corrected chi connectivity index (χ3v) is 1.91. The zero-order valence-electron chi connectivity index (χ0n) is 8.04. The maximum Gasteiger partial charge on any atom is 0.460 e. The predicted molar refractivity (Wildman–Crippen MR) is 42.6 cm³/mol. The van der Waals surface area contributed by atoms with Crippen molar-refractivity contribution in [3.05, 3.63) is 32.6 Å². The Bertz CT molecular complexity index is 556. The van der Waals surface area contributed by atoms with Gasteiger partial charge in [0, 0.05) is 6.20 Å². The summed E-state index contributed by atoms with van der Waals surface area (Å²) in [6, 6.07) is 0. The Morgan fingerprint density at radius 2 is 1.44 bits per heavy atom. The normalized spacial score (nSPS) is 13.7. The molecule has 4 nitrogen and oxygen atoms in total. The quantitative estimate of drug-likeness (QED) is 0.803. The molecule has 0 spiro atoms. The molecule has 0 atom stereocenters. The summed E-state index contributed by atoms with van der Waals surface area (Å²) in [5, 5.41) is 0. The van der Waals surface area contributed by atoms with Crippen LogP contribution < -0.4 is 11.2 Å². The maximum absolute atomic E-state index is 13.0. The monoisotopic (exact) mass is 280 g/mol. The lowest BCUT2D eigenvalue weighted by Crippen LogP contribution is -2.52. The SMILES string of the molecule is O=c1[nH]cc(C(F)(F)C(F)(F)C(F)(F)F)c(=O)[nH]1. The third kappa shape index (κ3) is 1.99. The van der Waals surface area contributed by atoms with E-state index in [-0.39, 0.29) is 6.20 Å². The first kappa shape index (κ1) is 14.3. The van der Waals surface area contributed by atoms with E-state index >= 15 is 0 Å². The van der Waals surface area contributed by atoms with Crippen LogP contribution in [0.2, 0.25) is 0 Å². The molecule has 11 heteroatoms. The van der Waals surface area contributed by atoms with Gasteiger partial charge in [-0.2, -0.15) is 30.7 Å². The van der Waals surface area contributed by atoms with Crippen LogP contribution in [0.5, 0.6) is 0 Å². The van der Waals surface area contributed by atoms with E-state index in [9.17, 15) is 40.3 Å². The van der Waals surface area contributed by atoms with Crippen LogP contribution in [0, 0.1) is 0 Å². The number of hydrogen-bond donors (Lipinski definition) is 2. The summed E-state index contributed by atoms with van der Waals surface area (Å²) in [5.41, 5.74) is -5.55. The summed E-state index contributed by atoms with van der Waals surface area (Å²) in [4.78, 5) is 23.8. The van der Waals surface area contributed by atoms with E-state index in [0.29, 0.717) is 0 Å². The van der Waals surface area contributed by atoms with Crippen molar-refractivity contribution in [2.75, 3.05) is 0 Å². The minimum Gasteiger partial charge on any atom is -0.314 e. The molecule has 18 heavy (non-hydrogen) atoms. The largest absolute Gasteiger partial charge is 0.460 e. The van der Waals surface area contributed by atoms with Crippen LogP contribution in [-0.2, 0) is 5.92 Å². The van der Waals surface area contributed by atoms with Crippen LogP contribution >= 0.6 is 0 Å². The highest BCUT2D eigenvalue weighted by Crippen LogP contribution is 2.50. The van der Waals surface area contributed by atoms with Gasteiger partial charge in [0.2, 0.25) is 0 Å². The van der Waals surface area contributed by atoms with Crippen LogP contribution in [0.1, 0.15) is 5.56 Å². The molecular weight excluding hydrogens is 277 g/mol. The summed E-state index contributed by atoms with van der Waals surface area (Å²) in [5.74, 6) is -12.3. The second-order valence-electron chi connectivity index (χ2n) is 3.13. The van der Waals surface area contributed by atoms with E-state index in [4.69, 9.17) is 0 Å². The summed E-state index contributed by atoms with van der Waals surface area (Å²) < 4.78 is 86.6. The van der Waals surface area contributed by atoms with Crippen molar-refractivity contribution in [2.45, 2.75) is 18.0 Å². The number of nitrogens with one attached hydrogen (secondary N) is 2. The lowest BCUT2D eigenvalue weighted by Gasteiger charge is -2.27. The molecule has 1 heterocycles. The van der Waals surface area contributed by atoms with Gasteiger partial charge in [0.15, 0.2) is 0 Å². The Labute approximate surface area is 92.4 Å². The molecule has 1 aromatic heterocycles. The maximum atomic E-state index is 13.0. The van der Waals surface area contributed by atoms with Crippen LogP contribution in [-0.4, -0.2) is 22.1 Å². The molecule has 0 bridgehead atoms. The van der Waals surface area contributed by atoms with Gasteiger partial charge in [-0.3, -0.25) is 9.78 Å². The molecule has 0 saturated carbocycles. The van der Waals surface area contributed by atoms with Crippen molar-refractivity contribution in [3.8, 4) is 0 Å². The van der Waals surface area contributed by atoms with Gasteiger partial charge in [0.25, 0.3) is 5.56 Å². The Hall–Kier alpha value is -1.81. The molecule has 0 radical (unpaired) electrons. The smallest absolute Gasteiger partial charge is 0.314 e. The second-order valence-corrected chi connectivity index (χ2v) is 3.13. The summed E-state index contributed by atoms with van der Waals surface area (Å²) in [6.45, 7) is 0. The molecule has 0 aliphatic rings. The summed E-state index contributed by atoms with van der Waals surface area (Å²) in [7, 11) is 0. The van der Waals surface area contributed by atoms with E-state index in [2.05, 4.69) is 0 Å². The molecule has 0 fully saturated rings. The molecule has 102 valence electrons. The molecule has 0 unspecified atom stereocenters. The number of H-pyrrole nitrogens is 2. The van der Waals surface area contributed by atoms with Crippen molar-refractivity contribution < 1.29 is 30.7 Å². The van der Waals surface area contributed by atoms with Crippen molar-refractivity contribution in [1.82, 2.24) is 9.97 Å². The number of hydrogen-bond acceptors (Lipinski definition) is 2. The lowest BCUT2D eigenvalue weighted by atomic mass is 10.1. The van der Waals surface area contributed by atoms with Crippen molar-refractivity contribution in [2.24, 2.45) is 0 Å². The number of alkyl halides is 7. The minimum absolute atomic E-state index is 0.194. The van der Waals surface area contributed by atoms with E-state index in [1.54, 1.807) is 0 Å². The average molecular weight is 280 g/mol. The highest BCUT2D eigenvalue weighted by Gasteiger charge is 2.74. The summed E-state index contributed by atoms with van der Waals surface area (Å²) in [6.07, 6.45) is -6.75. The fraction of sp³-hybridized carbons (Fsp3) is 0.429. The molecule has 0 amide bonds. The number of halogens is 7. The Balaban J connectivity index is 3.47. The third-order valence-electron chi connectivity index (χ3n) is 1.91. The zero-order valence-corrected chi connectivity index (χ0v) is 8.04. The zero-order chi connectivity index (χ0) is 14.4. The Kier molecular flexibility index (Phi) is 3.05. The van der Waals surface area contributed by atoms with Gasteiger partial charge >= 0.3 is 23.7 Å². The second kappa shape index (κ2) is 3.85. The van der Waals surface area contributed by atoms with Crippen LogP contribution in [0.3, 0.4) is 0 Å². The topological polar surface area (TPSA) is 65.7 Å². The van der Waals surface area contributed by atoms with Crippen molar-refractivity contribution >= 4 is 0 Å². The first-order chi connectivity index (χ1) is 7.91. The lowest BCUT2D eigenvalue weighted by molar-refractivity contribution is -0.359. The highest BCUT2D eigenvalue weighted by atomic mass is 19.4. The van der Waals surface area contributed by atoms with Gasteiger partial charge in [-0.15, -0.1) is 0 Å². The van der Waals surface area contributed by atoms with Gasteiger partial charge in [0.1, 0.15) is 5.56 Å². The van der Waals surface area contributed by atoms with Crippen molar-refractivity contribution in [3.63, 3.8) is 0 Å². The summed E-state index contributed by atoms with van der Waals surface area (Å²) >= 11 is 0. The number of aromatic nitrogens is 2. The van der Waals surface area contributed by atoms with E-state index in [1.165, 1.54) is 4.98 Å².